The molecule has 1 atom stereocenters. The average molecular weight is 250 g/mol. The fraction of sp³-hybridized carbons (Fsp3) is 0.118. The van der Waals surface area contributed by atoms with Crippen LogP contribution in [-0.4, -0.2) is 10.9 Å². The number of carbonyl (C=O) groups is 1. The monoisotopic (exact) mass is 250 g/mol. The molecule has 1 aliphatic rings. The van der Waals surface area contributed by atoms with Gasteiger partial charge in [-0.1, -0.05) is 54.6 Å². The van der Waals surface area contributed by atoms with E-state index in [0.29, 0.717) is 16.7 Å². The molecule has 0 radical (unpaired) electrons. The van der Waals surface area contributed by atoms with Crippen molar-refractivity contribution >= 4 is 11.9 Å². The highest BCUT2D eigenvalue weighted by molar-refractivity contribution is 6.17. The van der Waals surface area contributed by atoms with Gasteiger partial charge in [0, 0.05) is 11.1 Å². The fourth-order valence-electron chi connectivity index (χ4n) is 2.54. The SMILES string of the molecule is CC1(O)/C(=C\c2ccccc2)C(=O)c2ccccc21. The first kappa shape index (κ1) is 11.9. The Morgan fingerprint density at radius 3 is 2.32 bits per heavy atom. The van der Waals surface area contributed by atoms with Gasteiger partial charge in [0.05, 0.1) is 0 Å². The minimum atomic E-state index is -1.22. The minimum Gasteiger partial charge on any atom is -0.381 e. The van der Waals surface area contributed by atoms with E-state index >= 15 is 0 Å². The molecule has 2 aromatic rings. The van der Waals surface area contributed by atoms with Crippen LogP contribution in [0.4, 0.5) is 0 Å². The molecule has 0 fully saturated rings. The van der Waals surface area contributed by atoms with Gasteiger partial charge < -0.3 is 5.11 Å². The van der Waals surface area contributed by atoms with Crippen molar-refractivity contribution in [3.05, 3.63) is 76.9 Å². The molecule has 94 valence electrons. The van der Waals surface area contributed by atoms with E-state index in [2.05, 4.69) is 0 Å². The zero-order valence-electron chi connectivity index (χ0n) is 10.6. The lowest BCUT2D eigenvalue weighted by Crippen LogP contribution is -2.20. The van der Waals surface area contributed by atoms with E-state index in [9.17, 15) is 9.90 Å². The van der Waals surface area contributed by atoms with Crippen molar-refractivity contribution in [2.45, 2.75) is 12.5 Å². The normalized spacial score (nSPS) is 23.7. The number of rotatable bonds is 1. The zero-order chi connectivity index (χ0) is 13.5. The molecule has 2 nitrogen and oxygen atoms in total. The topological polar surface area (TPSA) is 37.3 Å². The Morgan fingerprint density at radius 1 is 1.00 bits per heavy atom. The van der Waals surface area contributed by atoms with Gasteiger partial charge in [-0.05, 0) is 24.1 Å². The molecule has 0 spiro atoms. The maximum atomic E-state index is 12.4. The van der Waals surface area contributed by atoms with Crippen LogP contribution < -0.4 is 0 Å². The molecule has 3 rings (SSSR count). The lowest BCUT2D eigenvalue weighted by atomic mass is 9.93. The first-order chi connectivity index (χ1) is 9.10. The molecule has 0 saturated carbocycles. The first-order valence-electron chi connectivity index (χ1n) is 6.24. The van der Waals surface area contributed by atoms with E-state index in [1.165, 1.54) is 0 Å². The maximum absolute atomic E-state index is 12.4. The highest BCUT2D eigenvalue weighted by atomic mass is 16.3. The summed E-state index contributed by atoms with van der Waals surface area (Å²) >= 11 is 0. The number of benzene rings is 2. The molecule has 2 heteroatoms. The Bertz CT molecular complexity index is 667. The highest BCUT2D eigenvalue weighted by Crippen LogP contribution is 2.41. The Morgan fingerprint density at radius 2 is 1.63 bits per heavy atom. The van der Waals surface area contributed by atoms with Gasteiger partial charge in [-0.2, -0.15) is 0 Å². The van der Waals surface area contributed by atoms with Crippen molar-refractivity contribution in [3.63, 3.8) is 0 Å². The number of aliphatic hydroxyl groups is 1. The second-order valence-electron chi connectivity index (χ2n) is 4.92. The Balaban J connectivity index is 2.16. The number of hydrogen-bond donors (Lipinski definition) is 1. The number of hydrogen-bond acceptors (Lipinski definition) is 2. The molecule has 0 aliphatic heterocycles. The van der Waals surface area contributed by atoms with Crippen LogP contribution >= 0.6 is 0 Å². The third-order valence-electron chi connectivity index (χ3n) is 3.58. The van der Waals surface area contributed by atoms with Crippen LogP contribution in [0.25, 0.3) is 6.08 Å². The van der Waals surface area contributed by atoms with Crippen LogP contribution in [0.5, 0.6) is 0 Å². The summed E-state index contributed by atoms with van der Waals surface area (Å²) in [5.74, 6) is -0.0931. The second-order valence-corrected chi connectivity index (χ2v) is 4.92. The number of fused-ring (bicyclic) bond motifs is 1. The first-order valence-corrected chi connectivity index (χ1v) is 6.24. The van der Waals surface area contributed by atoms with Gasteiger partial charge in [0.1, 0.15) is 5.60 Å². The van der Waals surface area contributed by atoms with Gasteiger partial charge in [0.2, 0.25) is 0 Å². The van der Waals surface area contributed by atoms with Gasteiger partial charge in [0.15, 0.2) is 5.78 Å². The molecule has 0 bridgehead atoms. The van der Waals surface area contributed by atoms with E-state index in [-0.39, 0.29) is 5.78 Å². The number of ketones is 1. The predicted molar refractivity (Wildman–Crippen MR) is 74.8 cm³/mol. The van der Waals surface area contributed by atoms with Gasteiger partial charge >= 0.3 is 0 Å². The molecule has 1 aliphatic carbocycles. The summed E-state index contributed by atoms with van der Waals surface area (Å²) in [6.07, 6.45) is 1.77. The molecular weight excluding hydrogens is 236 g/mol. The lowest BCUT2D eigenvalue weighted by molar-refractivity contribution is 0.0877. The Labute approximate surface area is 112 Å². The highest BCUT2D eigenvalue weighted by Gasteiger charge is 2.42. The van der Waals surface area contributed by atoms with Gasteiger partial charge in [-0.15, -0.1) is 0 Å². The summed E-state index contributed by atoms with van der Waals surface area (Å²) in [6, 6.07) is 16.8. The Kier molecular flexibility index (Phi) is 2.61. The molecular formula is C17H14O2. The summed E-state index contributed by atoms with van der Waals surface area (Å²) in [5.41, 5.74) is 1.40. The van der Waals surface area contributed by atoms with Crippen molar-refractivity contribution in [1.29, 1.82) is 0 Å². The smallest absolute Gasteiger partial charge is 0.192 e. The zero-order valence-corrected chi connectivity index (χ0v) is 10.6. The van der Waals surface area contributed by atoms with Gasteiger partial charge in [-0.3, -0.25) is 4.79 Å². The predicted octanol–water partition coefficient (Wildman–Crippen LogP) is 3.17. The maximum Gasteiger partial charge on any atom is 0.192 e. The van der Waals surface area contributed by atoms with Crippen molar-refractivity contribution < 1.29 is 9.90 Å². The molecule has 0 aromatic heterocycles. The molecule has 2 aromatic carbocycles. The molecule has 19 heavy (non-hydrogen) atoms. The van der Waals surface area contributed by atoms with Crippen LogP contribution in [0.1, 0.15) is 28.4 Å². The molecule has 0 saturated heterocycles. The minimum absolute atomic E-state index is 0.0931. The van der Waals surface area contributed by atoms with Crippen LogP contribution in [0, 0.1) is 0 Å². The summed E-state index contributed by atoms with van der Waals surface area (Å²) in [7, 11) is 0. The number of Topliss-reactive ketones (excluding diaryl/α,β-unsaturated/α-hetero) is 1. The van der Waals surface area contributed by atoms with Crippen LogP contribution in [0.3, 0.4) is 0 Å². The van der Waals surface area contributed by atoms with E-state index in [1.807, 2.05) is 42.5 Å². The number of carbonyl (C=O) groups excluding carboxylic acids is 1. The fourth-order valence-corrected chi connectivity index (χ4v) is 2.54. The third-order valence-corrected chi connectivity index (χ3v) is 3.58. The summed E-state index contributed by atoms with van der Waals surface area (Å²) in [5, 5.41) is 10.6. The van der Waals surface area contributed by atoms with E-state index in [0.717, 1.165) is 5.56 Å². The van der Waals surface area contributed by atoms with Crippen molar-refractivity contribution in [1.82, 2.24) is 0 Å². The quantitative estimate of drug-likeness (QED) is 0.789. The summed E-state index contributed by atoms with van der Waals surface area (Å²) in [4.78, 5) is 12.4. The standard InChI is InChI=1S/C17H14O2/c1-17(19)14-10-6-5-9-13(14)16(18)15(17)11-12-7-3-2-4-8-12/h2-11,19H,1H3/b15-11-. The van der Waals surface area contributed by atoms with Crippen molar-refractivity contribution in [2.75, 3.05) is 0 Å². The average Bonchev–Trinajstić information content (AvgIpc) is 2.62. The van der Waals surface area contributed by atoms with Crippen LogP contribution in [0.2, 0.25) is 0 Å². The summed E-state index contributed by atoms with van der Waals surface area (Å²) < 4.78 is 0. The van der Waals surface area contributed by atoms with E-state index in [4.69, 9.17) is 0 Å². The lowest BCUT2D eigenvalue weighted by Gasteiger charge is -2.19. The molecule has 0 heterocycles. The third kappa shape index (κ3) is 1.81. The molecule has 1 N–H and O–H groups in total. The molecule has 0 amide bonds. The largest absolute Gasteiger partial charge is 0.381 e. The molecule has 1 unspecified atom stereocenters. The summed E-state index contributed by atoms with van der Waals surface area (Å²) in [6.45, 7) is 1.67. The van der Waals surface area contributed by atoms with Crippen LogP contribution in [0.15, 0.2) is 60.2 Å². The van der Waals surface area contributed by atoms with Crippen molar-refractivity contribution in [2.24, 2.45) is 0 Å². The van der Waals surface area contributed by atoms with Crippen molar-refractivity contribution in [3.8, 4) is 0 Å². The Hall–Kier alpha value is -2.19. The van der Waals surface area contributed by atoms with Crippen LogP contribution in [-0.2, 0) is 5.60 Å². The van der Waals surface area contributed by atoms with E-state index in [1.54, 1.807) is 25.1 Å². The van der Waals surface area contributed by atoms with Gasteiger partial charge in [0.25, 0.3) is 0 Å². The second kappa shape index (κ2) is 4.18. The van der Waals surface area contributed by atoms with E-state index < -0.39 is 5.60 Å². The van der Waals surface area contributed by atoms with Gasteiger partial charge in [-0.25, -0.2) is 0 Å².